The smallest absolute Gasteiger partial charge is 0.268 e. The maximum Gasteiger partial charge on any atom is 0.268 e. The molecule has 0 radical (unpaired) electrons. The van der Waals surface area contributed by atoms with Gasteiger partial charge in [0.05, 0.1) is 42.8 Å². The van der Waals surface area contributed by atoms with E-state index in [1.807, 2.05) is 47.0 Å². The SMILES string of the molecule is [2H]c1c([2H])c([2H])c(-c2c([2H])c([2H])c([2H])c3c2-[n+]2[c-]n(-c4[c-]c(Oc5[c-]c6c(cc5)c5ccccc5n6-c5cc(C(C)(C)C)ccn5)ccc4)c4c([2H])c([2H])c([2H])c(c42)-c2c([2H])c([2H])c([2H])c([2H])c2-c2c([2H])c([2H])c([2H])c([2H])c2-3)c([2H])c1[2H].[Pt]. The fourth-order valence-corrected chi connectivity index (χ4v) is 8.14. The van der Waals surface area contributed by atoms with Crippen molar-refractivity contribution in [1.82, 2.24) is 14.1 Å². The van der Waals surface area contributed by atoms with Gasteiger partial charge in [-0.1, -0.05) is 159 Å². The summed E-state index contributed by atoms with van der Waals surface area (Å²) < 4.78 is 186. The summed E-state index contributed by atoms with van der Waals surface area (Å²) in [5.41, 5.74) is -4.00. The molecule has 0 aliphatic carbocycles. The molecule has 0 saturated heterocycles. The van der Waals surface area contributed by atoms with Crippen LogP contribution in [0.25, 0.3) is 94.5 Å². The van der Waals surface area contributed by atoms with E-state index in [0.717, 1.165) is 26.4 Å². The molecule has 0 bridgehead atoms. The number of ether oxygens (including phenoxy) is 1. The van der Waals surface area contributed by atoms with E-state index in [9.17, 15) is 16.4 Å². The van der Waals surface area contributed by atoms with E-state index < -0.39 is 171 Å². The molecule has 64 heavy (non-hydrogen) atoms. The van der Waals surface area contributed by atoms with Crippen LogP contribution in [0.5, 0.6) is 11.5 Å². The first-order valence-corrected chi connectivity index (χ1v) is 19.8. The minimum atomic E-state index is -0.947. The molecule has 0 saturated carbocycles. The van der Waals surface area contributed by atoms with Gasteiger partial charge in [-0.15, -0.1) is 29.7 Å². The first kappa shape index (κ1) is 23.9. The van der Waals surface area contributed by atoms with Crippen LogP contribution in [-0.2, 0) is 26.5 Å². The second-order valence-corrected chi connectivity index (χ2v) is 15.8. The Kier molecular flexibility index (Phi) is 5.79. The second kappa shape index (κ2) is 15.5. The normalized spacial score (nSPS) is 16.0. The molecule has 0 amide bonds. The molecule has 0 unspecified atom stereocenters. The fourth-order valence-electron chi connectivity index (χ4n) is 8.14. The third-order valence-electron chi connectivity index (χ3n) is 11.0. The molecule has 0 fully saturated rings. The predicted octanol–water partition coefficient (Wildman–Crippen LogP) is 13.9. The van der Waals surface area contributed by atoms with Crippen molar-refractivity contribution in [2.45, 2.75) is 26.2 Å². The number of hydrogen-bond acceptors (Lipinski definition) is 2. The quantitative estimate of drug-likeness (QED) is 0.127. The number of nitrogens with zero attached hydrogens (tertiary/aromatic N) is 4. The monoisotopic (exact) mass is 1020 g/mol. The van der Waals surface area contributed by atoms with Gasteiger partial charge >= 0.3 is 0 Å². The molecule has 0 spiro atoms. The maximum atomic E-state index is 9.72. The van der Waals surface area contributed by atoms with Gasteiger partial charge in [-0.25, -0.2) is 4.98 Å². The Hall–Kier alpha value is -7.33. The Bertz CT molecular complexity index is 4690. The largest absolute Gasteiger partial charge is 0.510 e. The summed E-state index contributed by atoms with van der Waals surface area (Å²) >= 11 is 0. The van der Waals surface area contributed by atoms with E-state index in [1.54, 1.807) is 24.4 Å². The van der Waals surface area contributed by atoms with Crippen LogP contribution in [0.3, 0.4) is 0 Å². The van der Waals surface area contributed by atoms with E-state index in [1.165, 1.54) is 10.6 Å². The maximum absolute atomic E-state index is 9.72. The number of aromatic nitrogens is 4. The van der Waals surface area contributed by atoms with Crippen LogP contribution >= 0.6 is 0 Å². The molecule has 3 aromatic heterocycles. The number of para-hydroxylation sites is 3. The molecule has 5 nitrogen and oxygen atoms in total. The van der Waals surface area contributed by atoms with Crippen LogP contribution in [0, 0.1) is 18.5 Å². The van der Waals surface area contributed by atoms with Crippen molar-refractivity contribution in [2.24, 2.45) is 0 Å². The molecule has 4 heterocycles. The summed E-state index contributed by atoms with van der Waals surface area (Å²) in [6, 6.07) is 10.2. The number of hydrogen-bond donors (Lipinski definition) is 0. The van der Waals surface area contributed by atoms with Crippen molar-refractivity contribution in [3.05, 3.63) is 212 Å². The molecule has 1 aliphatic heterocycles. The molecule has 1 aliphatic rings. The number of benzene rings is 8. The molecule has 6 heteroatoms. The first-order chi connectivity index (χ1) is 38.8. The first-order valence-electron chi connectivity index (χ1n) is 29.3. The van der Waals surface area contributed by atoms with Crippen LogP contribution in [0.2, 0.25) is 0 Å². The van der Waals surface area contributed by atoms with Crippen molar-refractivity contribution >= 4 is 32.8 Å². The van der Waals surface area contributed by atoms with Gasteiger partial charge in [0.1, 0.15) is 5.82 Å². The minimum Gasteiger partial charge on any atom is -0.510 e. The van der Waals surface area contributed by atoms with Crippen molar-refractivity contribution in [2.75, 3.05) is 0 Å². The summed E-state index contributed by atoms with van der Waals surface area (Å²) in [7, 11) is 0. The van der Waals surface area contributed by atoms with Crippen LogP contribution in [0.15, 0.2) is 188 Å². The second-order valence-electron chi connectivity index (χ2n) is 15.8. The Morgan fingerprint density at radius 3 is 2.03 bits per heavy atom. The molecular formula is C58H40N4OPt-2. The molecule has 310 valence electrons. The summed E-state index contributed by atoms with van der Waals surface area (Å²) in [4.78, 5) is 4.76. The van der Waals surface area contributed by atoms with E-state index in [4.69, 9.17) is 19.3 Å². The van der Waals surface area contributed by atoms with Crippen molar-refractivity contribution in [1.29, 1.82) is 0 Å². The van der Waals surface area contributed by atoms with Crippen LogP contribution < -0.4 is 9.30 Å². The van der Waals surface area contributed by atoms with Crippen molar-refractivity contribution < 1.29 is 56.4 Å². The third-order valence-corrected chi connectivity index (χ3v) is 11.0. The van der Waals surface area contributed by atoms with Gasteiger partial charge in [0.15, 0.2) is 0 Å². The van der Waals surface area contributed by atoms with Gasteiger partial charge in [-0.3, -0.25) is 4.57 Å². The molecule has 11 aromatic rings. The summed E-state index contributed by atoms with van der Waals surface area (Å²) in [6.45, 7) is 6.33. The number of imidazole rings is 1. The molecule has 12 rings (SSSR count). The van der Waals surface area contributed by atoms with Gasteiger partial charge in [0.2, 0.25) is 0 Å². The van der Waals surface area contributed by atoms with Crippen molar-refractivity contribution in [3.8, 4) is 73.2 Å². The number of pyridine rings is 1. The zero-order valence-corrected chi connectivity index (χ0v) is 36.2. The van der Waals surface area contributed by atoms with Crippen LogP contribution in [-0.4, -0.2) is 14.1 Å². The molecule has 8 aromatic carbocycles. The fraction of sp³-hybridized carbons (Fsp3) is 0.0690. The molecular weight excluding hydrogens is 964 g/mol. The third kappa shape index (κ3) is 6.42. The molecule has 0 N–H and O–H groups in total. The average molecular weight is 1020 g/mol. The number of fused-ring (bicyclic) bond motifs is 10. The van der Waals surface area contributed by atoms with Crippen LogP contribution in [0.1, 0.15) is 52.4 Å². The Labute approximate surface area is 413 Å². The Morgan fingerprint density at radius 2 is 1.25 bits per heavy atom. The zero-order chi connectivity index (χ0) is 58.8. The van der Waals surface area contributed by atoms with E-state index in [2.05, 4.69) is 39.2 Å². The van der Waals surface area contributed by atoms with E-state index in [-0.39, 0.29) is 49.2 Å². The topological polar surface area (TPSA) is 35.9 Å². The zero-order valence-electron chi connectivity index (χ0n) is 52.9. The van der Waals surface area contributed by atoms with Gasteiger partial charge in [-0.2, -0.15) is 18.2 Å². The number of rotatable bonds is 5. The predicted molar refractivity (Wildman–Crippen MR) is 254 cm³/mol. The average Bonchev–Trinajstić information content (AvgIpc) is 1.89. The summed E-state index contributed by atoms with van der Waals surface area (Å²) in [5, 5.41) is 1.79. The van der Waals surface area contributed by atoms with Gasteiger partial charge in [0.25, 0.3) is 6.33 Å². The Morgan fingerprint density at radius 1 is 0.594 bits per heavy atom. The minimum absolute atomic E-state index is 0. The molecule has 0 atom stereocenters. The van der Waals surface area contributed by atoms with Crippen molar-refractivity contribution in [3.63, 3.8) is 0 Å². The summed E-state index contributed by atoms with van der Waals surface area (Å²) in [6.07, 6.45) is 4.84. The Balaban J connectivity index is 0.00000721. The van der Waals surface area contributed by atoms with Crippen LogP contribution in [0.4, 0.5) is 0 Å². The summed E-state index contributed by atoms with van der Waals surface area (Å²) in [5.74, 6) is 0.937. The van der Waals surface area contributed by atoms with E-state index in [0.29, 0.717) is 11.3 Å². The standard InChI is InChI=1S/C58H40N4O.Pt/c1-58(2,3)39-32-33-59-55(34-39)62-52-28-12-11-24-48(52)49-31-30-42(36-54(49)62)63-41-19-13-18-40(35-41)60-37-61-56-43(38-16-5-4-6-17-38)25-14-26-50(56)46-22-9-7-20-44(46)45-21-8-10-23-47(45)51-27-15-29-53(60)57(51)61;/h4-34H,1-3H3;/q-2;/i4D,5D,6D,7D,8D,9D,10D,14D,15D,16D,17D,20D,21D,22D,23D,25D,26D,27D,29D;. The van der Waals surface area contributed by atoms with Gasteiger partial charge in [-0.05, 0) is 84.8 Å². The van der Waals surface area contributed by atoms with E-state index >= 15 is 0 Å². The van der Waals surface area contributed by atoms with Gasteiger partial charge in [0, 0.05) is 44.3 Å². The van der Waals surface area contributed by atoms with Gasteiger partial charge < -0.3 is 13.9 Å².